The molecule has 0 atom stereocenters. The molecular formula is C14H13ClN2O4. The lowest BCUT2D eigenvalue weighted by molar-refractivity contribution is -0.115. The van der Waals surface area contributed by atoms with Crippen LogP contribution in [0, 0.1) is 0 Å². The Kier molecular flexibility index (Phi) is 4.84. The first-order valence-corrected chi connectivity index (χ1v) is 6.43. The van der Waals surface area contributed by atoms with Crippen molar-refractivity contribution in [2.24, 2.45) is 0 Å². The zero-order valence-electron chi connectivity index (χ0n) is 11.2. The van der Waals surface area contributed by atoms with Crippen molar-refractivity contribution >= 4 is 29.1 Å². The first kappa shape index (κ1) is 14.9. The molecule has 1 aromatic heterocycles. The number of benzene rings is 1. The minimum atomic E-state index is -0.465. The molecule has 1 aromatic carbocycles. The van der Waals surface area contributed by atoms with Gasteiger partial charge in [-0.3, -0.25) is 9.59 Å². The van der Waals surface area contributed by atoms with E-state index >= 15 is 0 Å². The number of methoxy groups -OCH3 is 1. The fourth-order valence-corrected chi connectivity index (χ4v) is 1.80. The fraction of sp³-hybridized carbons (Fsp3) is 0.143. The summed E-state index contributed by atoms with van der Waals surface area (Å²) in [5, 5.41) is 5.51. The van der Waals surface area contributed by atoms with Crippen molar-refractivity contribution in [3.63, 3.8) is 0 Å². The highest BCUT2D eigenvalue weighted by Crippen LogP contribution is 2.27. The van der Waals surface area contributed by atoms with Crippen LogP contribution in [0.4, 0.5) is 5.69 Å². The van der Waals surface area contributed by atoms with Gasteiger partial charge in [0.15, 0.2) is 5.76 Å². The number of nitrogens with one attached hydrogen (secondary N) is 2. The Balaban J connectivity index is 1.93. The number of carbonyl (C=O) groups excluding carboxylic acids is 2. The van der Waals surface area contributed by atoms with Crippen LogP contribution in [0.15, 0.2) is 41.0 Å². The Morgan fingerprint density at radius 1 is 1.33 bits per heavy atom. The van der Waals surface area contributed by atoms with Crippen LogP contribution in [-0.4, -0.2) is 25.5 Å². The van der Waals surface area contributed by atoms with Crippen molar-refractivity contribution in [3.05, 3.63) is 47.4 Å². The minimum absolute atomic E-state index is 0.142. The SMILES string of the molecule is COc1ccc(Cl)cc1NC(=O)CNC(=O)c1ccco1. The lowest BCUT2D eigenvalue weighted by Crippen LogP contribution is -2.32. The number of anilines is 1. The van der Waals surface area contributed by atoms with Gasteiger partial charge in [-0.25, -0.2) is 0 Å². The van der Waals surface area contributed by atoms with E-state index in [0.29, 0.717) is 16.5 Å². The van der Waals surface area contributed by atoms with Gasteiger partial charge < -0.3 is 19.8 Å². The Bertz CT molecular complexity index is 640. The molecule has 2 rings (SSSR count). The molecule has 0 radical (unpaired) electrons. The van der Waals surface area contributed by atoms with Crippen molar-refractivity contribution in [2.75, 3.05) is 19.0 Å². The summed E-state index contributed by atoms with van der Waals surface area (Å²) in [4.78, 5) is 23.4. The molecule has 2 N–H and O–H groups in total. The summed E-state index contributed by atoms with van der Waals surface area (Å²) in [5.74, 6) is -0.253. The Hall–Kier alpha value is -2.47. The molecule has 0 aliphatic heterocycles. The van der Waals surface area contributed by atoms with Crippen molar-refractivity contribution in [1.82, 2.24) is 5.32 Å². The van der Waals surface area contributed by atoms with Crippen LogP contribution in [0.5, 0.6) is 5.75 Å². The number of ether oxygens (including phenoxy) is 1. The first-order valence-electron chi connectivity index (χ1n) is 6.05. The number of furan rings is 1. The lowest BCUT2D eigenvalue weighted by Gasteiger charge is -2.10. The van der Waals surface area contributed by atoms with Gasteiger partial charge in [0.1, 0.15) is 5.75 Å². The van der Waals surface area contributed by atoms with E-state index in [0.717, 1.165) is 0 Å². The van der Waals surface area contributed by atoms with Gasteiger partial charge in [0, 0.05) is 5.02 Å². The quantitative estimate of drug-likeness (QED) is 0.888. The number of hydrogen-bond acceptors (Lipinski definition) is 4. The number of hydrogen-bond donors (Lipinski definition) is 2. The van der Waals surface area contributed by atoms with Crippen LogP contribution in [0.25, 0.3) is 0 Å². The molecule has 0 aliphatic rings. The van der Waals surface area contributed by atoms with Crippen LogP contribution < -0.4 is 15.4 Å². The van der Waals surface area contributed by atoms with E-state index in [9.17, 15) is 9.59 Å². The van der Waals surface area contributed by atoms with Crippen LogP contribution in [0.2, 0.25) is 5.02 Å². The van der Waals surface area contributed by atoms with Crippen molar-refractivity contribution in [1.29, 1.82) is 0 Å². The number of rotatable bonds is 5. The monoisotopic (exact) mass is 308 g/mol. The van der Waals surface area contributed by atoms with Crippen molar-refractivity contribution in [3.8, 4) is 5.75 Å². The third kappa shape index (κ3) is 4.00. The molecule has 2 amide bonds. The molecule has 2 aromatic rings. The molecule has 0 saturated carbocycles. The molecule has 0 bridgehead atoms. The van der Waals surface area contributed by atoms with Gasteiger partial charge >= 0.3 is 0 Å². The zero-order valence-corrected chi connectivity index (χ0v) is 11.9. The number of halogens is 1. The van der Waals surface area contributed by atoms with Gasteiger partial charge in [-0.1, -0.05) is 11.6 Å². The Labute approximate surface area is 126 Å². The van der Waals surface area contributed by atoms with Gasteiger partial charge in [0.25, 0.3) is 5.91 Å². The van der Waals surface area contributed by atoms with E-state index < -0.39 is 11.8 Å². The van der Waals surface area contributed by atoms with Crippen LogP contribution in [-0.2, 0) is 4.79 Å². The molecule has 110 valence electrons. The summed E-state index contributed by atoms with van der Waals surface area (Å²) < 4.78 is 10.0. The molecule has 0 aliphatic carbocycles. The first-order chi connectivity index (χ1) is 10.1. The van der Waals surface area contributed by atoms with Crippen molar-refractivity contribution < 1.29 is 18.7 Å². The standard InChI is InChI=1S/C14H13ClN2O4/c1-20-11-5-4-9(15)7-10(11)17-13(18)8-16-14(19)12-3-2-6-21-12/h2-7H,8H2,1H3,(H,16,19)(H,17,18). The molecule has 0 unspecified atom stereocenters. The third-order valence-electron chi connectivity index (χ3n) is 2.59. The van der Waals surface area contributed by atoms with Gasteiger partial charge in [-0.15, -0.1) is 0 Å². The van der Waals surface area contributed by atoms with E-state index in [1.807, 2.05) is 0 Å². The van der Waals surface area contributed by atoms with Gasteiger partial charge in [0.2, 0.25) is 5.91 Å². The summed E-state index contributed by atoms with van der Waals surface area (Å²) in [7, 11) is 1.48. The Morgan fingerprint density at radius 3 is 2.81 bits per heavy atom. The normalized spacial score (nSPS) is 10.0. The highest BCUT2D eigenvalue weighted by atomic mass is 35.5. The smallest absolute Gasteiger partial charge is 0.287 e. The predicted molar refractivity (Wildman–Crippen MR) is 77.7 cm³/mol. The number of carbonyl (C=O) groups is 2. The summed E-state index contributed by atoms with van der Waals surface area (Å²) in [6.45, 7) is -0.199. The zero-order chi connectivity index (χ0) is 15.2. The molecule has 7 heteroatoms. The van der Waals surface area contributed by atoms with Crippen LogP contribution in [0.3, 0.4) is 0 Å². The second-order valence-electron chi connectivity index (χ2n) is 4.05. The molecule has 6 nitrogen and oxygen atoms in total. The molecule has 0 fully saturated rings. The third-order valence-corrected chi connectivity index (χ3v) is 2.83. The molecule has 0 spiro atoms. The second kappa shape index (κ2) is 6.81. The van der Waals surface area contributed by atoms with E-state index in [2.05, 4.69) is 10.6 Å². The van der Waals surface area contributed by atoms with Crippen LogP contribution in [0.1, 0.15) is 10.6 Å². The van der Waals surface area contributed by atoms with Crippen molar-refractivity contribution in [2.45, 2.75) is 0 Å². The second-order valence-corrected chi connectivity index (χ2v) is 4.49. The Morgan fingerprint density at radius 2 is 2.14 bits per heavy atom. The summed E-state index contributed by atoms with van der Waals surface area (Å²) >= 11 is 5.86. The number of amides is 2. The topological polar surface area (TPSA) is 80.6 Å². The largest absolute Gasteiger partial charge is 0.495 e. The highest BCUT2D eigenvalue weighted by molar-refractivity contribution is 6.31. The maximum Gasteiger partial charge on any atom is 0.287 e. The van der Waals surface area contributed by atoms with E-state index in [1.54, 1.807) is 24.3 Å². The van der Waals surface area contributed by atoms with E-state index in [-0.39, 0.29) is 12.3 Å². The fourth-order valence-electron chi connectivity index (χ4n) is 1.63. The summed E-state index contributed by atoms with van der Waals surface area (Å²) in [6.07, 6.45) is 1.38. The minimum Gasteiger partial charge on any atom is -0.495 e. The van der Waals surface area contributed by atoms with E-state index in [1.165, 1.54) is 19.4 Å². The molecule has 1 heterocycles. The predicted octanol–water partition coefficient (Wildman–Crippen LogP) is 2.31. The highest BCUT2D eigenvalue weighted by Gasteiger charge is 2.12. The summed E-state index contributed by atoms with van der Waals surface area (Å²) in [6, 6.07) is 7.94. The molecule has 21 heavy (non-hydrogen) atoms. The maximum absolute atomic E-state index is 11.8. The lowest BCUT2D eigenvalue weighted by atomic mass is 10.3. The van der Waals surface area contributed by atoms with Gasteiger partial charge in [-0.2, -0.15) is 0 Å². The van der Waals surface area contributed by atoms with Gasteiger partial charge in [0.05, 0.1) is 25.6 Å². The maximum atomic E-state index is 11.8. The summed E-state index contributed by atoms with van der Waals surface area (Å²) in [5.41, 5.74) is 0.433. The van der Waals surface area contributed by atoms with E-state index in [4.69, 9.17) is 20.8 Å². The van der Waals surface area contributed by atoms with Crippen LogP contribution >= 0.6 is 11.6 Å². The average molecular weight is 309 g/mol. The average Bonchev–Trinajstić information content (AvgIpc) is 2.99. The molecular weight excluding hydrogens is 296 g/mol. The molecule has 0 saturated heterocycles. The van der Waals surface area contributed by atoms with Gasteiger partial charge in [-0.05, 0) is 30.3 Å².